The van der Waals surface area contributed by atoms with Crippen molar-refractivity contribution in [1.29, 1.82) is 0 Å². The number of benzene rings is 1. The Labute approximate surface area is 151 Å². The number of nitrogens with two attached hydrogens (primary N) is 1. The maximum atomic E-state index is 12.5. The van der Waals surface area contributed by atoms with E-state index in [2.05, 4.69) is 20.3 Å². The van der Waals surface area contributed by atoms with Crippen LogP contribution in [0.15, 0.2) is 39.9 Å². The first-order valence-corrected chi connectivity index (χ1v) is 7.80. The van der Waals surface area contributed by atoms with E-state index in [-0.39, 0.29) is 23.3 Å². The van der Waals surface area contributed by atoms with E-state index in [4.69, 9.17) is 10.5 Å². The van der Waals surface area contributed by atoms with Crippen LogP contribution in [0.4, 0.5) is 5.69 Å². The molecule has 2 aromatic heterocycles. The van der Waals surface area contributed by atoms with Gasteiger partial charge in [0, 0.05) is 11.8 Å². The summed E-state index contributed by atoms with van der Waals surface area (Å²) in [6.45, 7) is 1.34. The van der Waals surface area contributed by atoms with Gasteiger partial charge in [-0.1, -0.05) is 6.07 Å². The lowest BCUT2D eigenvalue weighted by atomic mass is 10.1. The summed E-state index contributed by atoms with van der Waals surface area (Å²) in [6.07, 6.45) is 0. The normalized spacial score (nSPS) is 10.6. The quantitative estimate of drug-likeness (QED) is 0.496. The van der Waals surface area contributed by atoms with Crippen molar-refractivity contribution < 1.29 is 14.3 Å². The van der Waals surface area contributed by atoms with Crippen LogP contribution in [0.1, 0.15) is 16.1 Å². The zero-order valence-electron chi connectivity index (χ0n) is 14.2. The average molecular weight is 369 g/mol. The van der Waals surface area contributed by atoms with E-state index in [0.29, 0.717) is 17.0 Å². The Kier molecular flexibility index (Phi) is 4.71. The summed E-state index contributed by atoms with van der Waals surface area (Å²) < 4.78 is 5.18. The van der Waals surface area contributed by atoms with Crippen LogP contribution in [0, 0.1) is 6.92 Å². The minimum Gasteiger partial charge on any atom is -0.484 e. The molecule has 0 saturated heterocycles. The van der Waals surface area contributed by atoms with Crippen LogP contribution in [0.2, 0.25) is 0 Å². The average Bonchev–Trinajstić information content (AvgIpc) is 2.59. The van der Waals surface area contributed by atoms with E-state index in [0.717, 1.165) is 0 Å². The number of ether oxygens (including phenoxy) is 1. The smallest absolute Gasteiger partial charge is 0.327 e. The van der Waals surface area contributed by atoms with Gasteiger partial charge in [0.1, 0.15) is 17.1 Å². The fourth-order valence-corrected chi connectivity index (χ4v) is 2.48. The fraction of sp³-hybridized carbons (Fsp3) is 0.118. The van der Waals surface area contributed by atoms with Gasteiger partial charge >= 0.3 is 5.69 Å². The molecule has 0 unspecified atom stereocenters. The summed E-state index contributed by atoms with van der Waals surface area (Å²) in [5.41, 5.74) is 4.66. The molecule has 0 aliphatic heterocycles. The Balaban J connectivity index is 1.88. The molecule has 1 aromatic carbocycles. The number of pyridine rings is 1. The number of primary amides is 1. The Morgan fingerprint density at radius 2 is 2.00 bits per heavy atom. The van der Waals surface area contributed by atoms with Gasteiger partial charge in [0.2, 0.25) is 0 Å². The number of aryl methyl sites for hydroxylation is 1. The van der Waals surface area contributed by atoms with Crippen LogP contribution < -0.4 is 27.0 Å². The molecule has 0 fully saturated rings. The topological polar surface area (TPSA) is 160 Å². The molecule has 0 radical (unpaired) electrons. The highest BCUT2D eigenvalue weighted by atomic mass is 16.5. The van der Waals surface area contributed by atoms with Crippen molar-refractivity contribution in [2.45, 2.75) is 6.92 Å². The molecule has 0 saturated carbocycles. The number of carbonyl (C=O) groups excluding carboxylic acids is 2. The standard InChI is InChI=1S/C17H15N5O5/c1-8-5-11(20-14-13(8)16(25)22-17(26)21-14)15(24)19-9-3-2-4-10(6-9)27-7-12(18)23/h2-6H,7H2,1H3,(H2,18,23)(H,19,24)(H2,20,21,22,25,26). The van der Waals surface area contributed by atoms with Crippen molar-refractivity contribution in [2.24, 2.45) is 5.73 Å². The summed E-state index contributed by atoms with van der Waals surface area (Å²) in [7, 11) is 0. The van der Waals surface area contributed by atoms with Gasteiger partial charge in [-0.15, -0.1) is 0 Å². The number of aromatic nitrogens is 3. The third kappa shape index (κ3) is 4.00. The van der Waals surface area contributed by atoms with Crippen LogP contribution >= 0.6 is 0 Å². The van der Waals surface area contributed by atoms with Crippen LogP contribution in [0.3, 0.4) is 0 Å². The van der Waals surface area contributed by atoms with Gasteiger partial charge < -0.3 is 15.8 Å². The zero-order valence-corrected chi connectivity index (χ0v) is 14.2. The molecule has 2 heterocycles. The first-order chi connectivity index (χ1) is 12.8. The fourth-order valence-electron chi connectivity index (χ4n) is 2.48. The van der Waals surface area contributed by atoms with Crippen LogP contribution in [-0.2, 0) is 4.79 Å². The highest BCUT2D eigenvalue weighted by Crippen LogP contribution is 2.18. The largest absolute Gasteiger partial charge is 0.484 e. The Hall–Kier alpha value is -3.95. The minimum absolute atomic E-state index is 0.0182. The van der Waals surface area contributed by atoms with Crippen LogP contribution in [0.25, 0.3) is 11.0 Å². The molecule has 0 aliphatic carbocycles. The number of H-pyrrole nitrogens is 2. The number of nitrogens with zero attached hydrogens (tertiary/aromatic N) is 1. The lowest BCUT2D eigenvalue weighted by Crippen LogP contribution is -2.24. The van der Waals surface area contributed by atoms with Gasteiger partial charge in [-0.25, -0.2) is 9.78 Å². The highest BCUT2D eigenvalue weighted by Gasteiger charge is 2.14. The van der Waals surface area contributed by atoms with E-state index in [9.17, 15) is 19.2 Å². The number of anilines is 1. The number of hydrogen-bond acceptors (Lipinski definition) is 6. The summed E-state index contributed by atoms with van der Waals surface area (Å²) in [4.78, 5) is 55.2. The third-order valence-electron chi connectivity index (χ3n) is 3.61. The van der Waals surface area contributed by atoms with Gasteiger partial charge in [0.05, 0.1) is 5.39 Å². The maximum absolute atomic E-state index is 12.5. The van der Waals surface area contributed by atoms with Gasteiger partial charge in [-0.05, 0) is 30.7 Å². The summed E-state index contributed by atoms with van der Waals surface area (Å²) >= 11 is 0. The van der Waals surface area contributed by atoms with Gasteiger partial charge in [-0.2, -0.15) is 0 Å². The molecule has 3 rings (SSSR count). The number of nitrogens with one attached hydrogen (secondary N) is 3. The maximum Gasteiger partial charge on any atom is 0.327 e. The zero-order chi connectivity index (χ0) is 19.6. The summed E-state index contributed by atoms with van der Waals surface area (Å²) in [5.74, 6) is -0.817. The Morgan fingerprint density at radius 3 is 2.74 bits per heavy atom. The highest BCUT2D eigenvalue weighted by molar-refractivity contribution is 6.04. The van der Waals surface area contributed by atoms with E-state index < -0.39 is 23.1 Å². The molecular weight excluding hydrogens is 354 g/mol. The van der Waals surface area contributed by atoms with Crippen molar-refractivity contribution in [3.8, 4) is 5.75 Å². The first-order valence-electron chi connectivity index (χ1n) is 7.80. The van der Waals surface area contributed by atoms with E-state index in [1.807, 2.05) is 0 Å². The van der Waals surface area contributed by atoms with Crippen molar-refractivity contribution in [3.05, 3.63) is 62.4 Å². The number of aromatic amines is 2. The van der Waals surface area contributed by atoms with Crippen molar-refractivity contribution in [1.82, 2.24) is 15.0 Å². The van der Waals surface area contributed by atoms with Crippen LogP contribution in [-0.4, -0.2) is 33.4 Å². The second-order valence-corrected chi connectivity index (χ2v) is 5.69. The second kappa shape index (κ2) is 7.12. The molecular formula is C17H15N5O5. The number of amides is 2. The van der Waals surface area contributed by atoms with Gasteiger partial charge in [-0.3, -0.25) is 24.4 Å². The van der Waals surface area contributed by atoms with Gasteiger partial charge in [0.25, 0.3) is 17.4 Å². The lowest BCUT2D eigenvalue weighted by molar-refractivity contribution is -0.119. The van der Waals surface area contributed by atoms with E-state index >= 15 is 0 Å². The molecule has 10 heteroatoms. The first kappa shape index (κ1) is 17.9. The second-order valence-electron chi connectivity index (χ2n) is 5.69. The van der Waals surface area contributed by atoms with Crippen molar-refractivity contribution in [2.75, 3.05) is 11.9 Å². The monoisotopic (exact) mass is 369 g/mol. The number of fused-ring (bicyclic) bond motifs is 1. The van der Waals surface area contributed by atoms with E-state index in [1.165, 1.54) is 12.1 Å². The van der Waals surface area contributed by atoms with E-state index in [1.54, 1.807) is 25.1 Å². The van der Waals surface area contributed by atoms with Gasteiger partial charge in [0.15, 0.2) is 6.61 Å². The Bertz CT molecular complexity index is 1160. The molecule has 27 heavy (non-hydrogen) atoms. The van der Waals surface area contributed by atoms with Crippen molar-refractivity contribution >= 4 is 28.5 Å². The summed E-state index contributed by atoms with van der Waals surface area (Å²) in [5, 5.41) is 2.83. The Morgan fingerprint density at radius 1 is 1.22 bits per heavy atom. The minimum atomic E-state index is -0.712. The molecule has 0 aliphatic rings. The third-order valence-corrected chi connectivity index (χ3v) is 3.61. The number of hydrogen-bond donors (Lipinski definition) is 4. The molecule has 0 bridgehead atoms. The number of carbonyl (C=O) groups is 2. The summed E-state index contributed by atoms with van der Waals surface area (Å²) in [6, 6.07) is 7.81. The molecule has 3 aromatic rings. The molecule has 138 valence electrons. The molecule has 0 spiro atoms. The predicted octanol–water partition coefficient (Wildman–Crippen LogP) is 0.0362. The van der Waals surface area contributed by atoms with Crippen molar-refractivity contribution in [3.63, 3.8) is 0 Å². The molecule has 5 N–H and O–H groups in total. The molecule has 10 nitrogen and oxygen atoms in total. The lowest BCUT2D eigenvalue weighted by Gasteiger charge is -2.09. The van der Waals surface area contributed by atoms with Crippen LogP contribution in [0.5, 0.6) is 5.75 Å². The predicted molar refractivity (Wildman–Crippen MR) is 96.8 cm³/mol. The molecule has 2 amide bonds. The number of rotatable bonds is 5. The molecule has 0 atom stereocenters. The SMILES string of the molecule is Cc1cc(C(=O)Nc2cccc(OCC(N)=O)c2)nc2[nH]c(=O)[nH]c(=O)c12.